The third kappa shape index (κ3) is 3.42. The summed E-state index contributed by atoms with van der Waals surface area (Å²) in [4.78, 5) is 14.2. The summed E-state index contributed by atoms with van der Waals surface area (Å²) in [5.74, 6) is 0.249. The Morgan fingerprint density at radius 3 is 2.65 bits per heavy atom. The number of hydrogen-bond acceptors (Lipinski definition) is 3. The number of rotatable bonds is 7. The first-order chi connectivity index (χ1) is 8.05. The fourth-order valence-electron chi connectivity index (χ4n) is 2.35. The monoisotopic (exact) mass is 242 g/mol. The Labute approximate surface area is 105 Å². The topological polar surface area (TPSA) is 41.6 Å². The maximum absolute atomic E-state index is 12.2. The van der Waals surface area contributed by atoms with Crippen LogP contribution in [0.2, 0.25) is 0 Å². The second kappa shape index (κ2) is 6.36. The van der Waals surface area contributed by atoms with Gasteiger partial charge in [0.1, 0.15) is 0 Å². The molecule has 2 atom stereocenters. The van der Waals surface area contributed by atoms with Crippen LogP contribution >= 0.6 is 0 Å². The number of amides is 1. The van der Waals surface area contributed by atoms with Gasteiger partial charge in [0.15, 0.2) is 0 Å². The van der Waals surface area contributed by atoms with Crippen LogP contribution in [0.3, 0.4) is 0 Å². The van der Waals surface area contributed by atoms with Gasteiger partial charge in [-0.15, -0.1) is 0 Å². The molecule has 100 valence electrons. The average molecular weight is 242 g/mol. The van der Waals surface area contributed by atoms with Gasteiger partial charge in [0.25, 0.3) is 0 Å². The Kier molecular flexibility index (Phi) is 5.40. The number of hydrogen-bond donors (Lipinski definition) is 1. The van der Waals surface area contributed by atoms with Gasteiger partial charge >= 0.3 is 0 Å². The highest BCUT2D eigenvalue weighted by Crippen LogP contribution is 2.23. The second-order valence-electron chi connectivity index (χ2n) is 5.06. The number of ether oxygens (including phenoxy) is 1. The summed E-state index contributed by atoms with van der Waals surface area (Å²) in [7, 11) is 1.72. The SMILES string of the molecule is CCC1(C)NC(C)N(CCCCCOC)C1=O. The molecule has 1 saturated heterocycles. The van der Waals surface area contributed by atoms with Gasteiger partial charge in [-0.05, 0) is 39.5 Å². The van der Waals surface area contributed by atoms with Crippen molar-refractivity contribution < 1.29 is 9.53 Å². The Bertz CT molecular complexity index is 258. The van der Waals surface area contributed by atoms with E-state index in [2.05, 4.69) is 19.2 Å². The van der Waals surface area contributed by atoms with E-state index >= 15 is 0 Å². The molecule has 1 rings (SSSR count). The second-order valence-corrected chi connectivity index (χ2v) is 5.06. The molecule has 0 aromatic carbocycles. The van der Waals surface area contributed by atoms with Crippen LogP contribution < -0.4 is 5.32 Å². The minimum atomic E-state index is -0.355. The van der Waals surface area contributed by atoms with Crippen molar-refractivity contribution in [3.8, 4) is 0 Å². The molecule has 1 aliphatic rings. The van der Waals surface area contributed by atoms with E-state index in [-0.39, 0.29) is 17.6 Å². The summed E-state index contributed by atoms with van der Waals surface area (Å²) < 4.78 is 5.01. The lowest BCUT2D eigenvalue weighted by molar-refractivity contribution is -0.132. The van der Waals surface area contributed by atoms with E-state index in [4.69, 9.17) is 4.74 Å². The third-order valence-electron chi connectivity index (χ3n) is 3.68. The van der Waals surface area contributed by atoms with Crippen molar-refractivity contribution in [3.05, 3.63) is 0 Å². The first kappa shape index (κ1) is 14.5. The smallest absolute Gasteiger partial charge is 0.243 e. The summed E-state index contributed by atoms with van der Waals surface area (Å²) in [5.41, 5.74) is -0.355. The Morgan fingerprint density at radius 1 is 1.41 bits per heavy atom. The molecule has 0 aliphatic carbocycles. The first-order valence-electron chi connectivity index (χ1n) is 6.63. The molecule has 0 spiro atoms. The molecule has 0 aromatic heterocycles. The number of nitrogens with one attached hydrogen (secondary N) is 1. The maximum atomic E-state index is 12.2. The molecule has 17 heavy (non-hydrogen) atoms. The highest BCUT2D eigenvalue weighted by atomic mass is 16.5. The zero-order valence-corrected chi connectivity index (χ0v) is 11.6. The molecule has 4 heteroatoms. The molecule has 0 bridgehead atoms. The van der Waals surface area contributed by atoms with Crippen LogP contribution in [0.15, 0.2) is 0 Å². The summed E-state index contributed by atoms with van der Waals surface area (Å²) in [6.45, 7) is 7.78. The van der Waals surface area contributed by atoms with E-state index in [0.29, 0.717) is 0 Å². The number of unbranched alkanes of at least 4 members (excludes halogenated alkanes) is 2. The molecule has 1 heterocycles. The van der Waals surface area contributed by atoms with E-state index in [1.54, 1.807) is 7.11 Å². The van der Waals surface area contributed by atoms with Crippen molar-refractivity contribution in [2.24, 2.45) is 0 Å². The molecular weight excluding hydrogens is 216 g/mol. The number of methoxy groups -OCH3 is 1. The maximum Gasteiger partial charge on any atom is 0.243 e. The van der Waals surface area contributed by atoms with Gasteiger partial charge in [0, 0.05) is 20.3 Å². The highest BCUT2D eigenvalue weighted by molar-refractivity contribution is 5.88. The van der Waals surface area contributed by atoms with Crippen LogP contribution in [-0.2, 0) is 9.53 Å². The summed E-state index contributed by atoms with van der Waals surface area (Å²) in [5, 5.41) is 3.38. The lowest BCUT2D eigenvalue weighted by Gasteiger charge is -2.21. The van der Waals surface area contributed by atoms with Crippen molar-refractivity contribution in [1.29, 1.82) is 0 Å². The van der Waals surface area contributed by atoms with Crippen LogP contribution in [0.4, 0.5) is 0 Å². The van der Waals surface area contributed by atoms with Gasteiger partial charge in [-0.1, -0.05) is 6.92 Å². The standard InChI is InChI=1S/C13H26N2O2/c1-5-13(3)12(16)15(11(2)14-13)9-7-6-8-10-17-4/h11,14H,5-10H2,1-4H3. The molecule has 0 saturated carbocycles. The van der Waals surface area contributed by atoms with E-state index in [0.717, 1.165) is 38.8 Å². The van der Waals surface area contributed by atoms with Crippen molar-refractivity contribution in [1.82, 2.24) is 10.2 Å². The Morgan fingerprint density at radius 2 is 2.12 bits per heavy atom. The number of carbonyl (C=O) groups excluding carboxylic acids is 1. The van der Waals surface area contributed by atoms with Crippen LogP contribution in [0.1, 0.15) is 46.5 Å². The minimum Gasteiger partial charge on any atom is -0.385 e. The van der Waals surface area contributed by atoms with E-state index in [1.807, 2.05) is 11.8 Å². The van der Waals surface area contributed by atoms with Gasteiger partial charge in [-0.2, -0.15) is 0 Å². The Hall–Kier alpha value is -0.610. The molecule has 0 aromatic rings. The van der Waals surface area contributed by atoms with Crippen molar-refractivity contribution in [2.45, 2.75) is 58.2 Å². The van der Waals surface area contributed by atoms with E-state index in [9.17, 15) is 4.79 Å². The minimum absolute atomic E-state index is 0.162. The average Bonchev–Trinajstić information content (AvgIpc) is 2.52. The molecule has 1 N–H and O–H groups in total. The van der Waals surface area contributed by atoms with Crippen molar-refractivity contribution in [3.63, 3.8) is 0 Å². The van der Waals surface area contributed by atoms with Crippen molar-refractivity contribution >= 4 is 5.91 Å². The Balaban J connectivity index is 2.36. The third-order valence-corrected chi connectivity index (χ3v) is 3.68. The summed E-state index contributed by atoms with van der Waals surface area (Å²) in [6.07, 6.45) is 4.26. The fraction of sp³-hybridized carbons (Fsp3) is 0.923. The van der Waals surface area contributed by atoms with Crippen molar-refractivity contribution in [2.75, 3.05) is 20.3 Å². The van der Waals surface area contributed by atoms with Gasteiger partial charge in [0.2, 0.25) is 5.91 Å². The molecule has 1 fully saturated rings. The number of carbonyl (C=O) groups is 1. The van der Waals surface area contributed by atoms with Gasteiger partial charge < -0.3 is 9.64 Å². The quantitative estimate of drug-likeness (QED) is 0.692. The summed E-state index contributed by atoms with van der Waals surface area (Å²) >= 11 is 0. The molecule has 0 radical (unpaired) electrons. The molecule has 4 nitrogen and oxygen atoms in total. The predicted octanol–water partition coefficient (Wildman–Crippen LogP) is 1.75. The largest absolute Gasteiger partial charge is 0.385 e. The lowest BCUT2D eigenvalue weighted by atomic mass is 9.99. The first-order valence-corrected chi connectivity index (χ1v) is 6.63. The lowest BCUT2D eigenvalue weighted by Crippen LogP contribution is -2.43. The molecular formula is C13H26N2O2. The normalized spacial score (nSPS) is 29.1. The van der Waals surface area contributed by atoms with E-state index in [1.165, 1.54) is 0 Å². The predicted molar refractivity (Wildman–Crippen MR) is 68.7 cm³/mol. The van der Waals surface area contributed by atoms with Crippen LogP contribution in [-0.4, -0.2) is 42.8 Å². The van der Waals surface area contributed by atoms with Crippen LogP contribution in [0.5, 0.6) is 0 Å². The molecule has 2 unspecified atom stereocenters. The molecule has 1 aliphatic heterocycles. The summed E-state index contributed by atoms with van der Waals surface area (Å²) in [6, 6.07) is 0. The number of nitrogens with zero attached hydrogens (tertiary/aromatic N) is 1. The highest BCUT2D eigenvalue weighted by Gasteiger charge is 2.44. The van der Waals surface area contributed by atoms with Gasteiger partial charge in [-0.3, -0.25) is 10.1 Å². The molecule has 1 amide bonds. The zero-order valence-electron chi connectivity index (χ0n) is 11.6. The van der Waals surface area contributed by atoms with Crippen LogP contribution in [0, 0.1) is 0 Å². The van der Waals surface area contributed by atoms with E-state index < -0.39 is 0 Å². The fourth-order valence-corrected chi connectivity index (χ4v) is 2.35. The van der Waals surface area contributed by atoms with Gasteiger partial charge in [-0.25, -0.2) is 0 Å². The van der Waals surface area contributed by atoms with Crippen LogP contribution in [0.25, 0.3) is 0 Å². The zero-order chi connectivity index (χ0) is 12.9. The van der Waals surface area contributed by atoms with Gasteiger partial charge in [0.05, 0.1) is 11.7 Å².